The number of hydrogen-bond donors (Lipinski definition) is 1. The molecule has 1 N–H and O–H groups in total. The molecule has 0 spiro atoms. The maximum atomic E-state index is 13.4. The first kappa shape index (κ1) is 26.4. The van der Waals surface area contributed by atoms with Crippen LogP contribution in [0.4, 0.5) is 22.7 Å². The molecule has 11 nitrogen and oxygen atoms in total. The Labute approximate surface area is 205 Å². The summed E-state index contributed by atoms with van der Waals surface area (Å²) in [6, 6.07) is 8.72. The minimum atomic E-state index is -3.77. The van der Waals surface area contributed by atoms with Gasteiger partial charge in [-0.25, -0.2) is 8.42 Å². The van der Waals surface area contributed by atoms with E-state index in [1.807, 2.05) is 4.90 Å². The zero-order chi connectivity index (χ0) is 25.8. The number of sulfonamides is 1. The second kappa shape index (κ2) is 11.0. The Hall–Kier alpha value is -3.22. The molecule has 0 atom stereocenters. The number of nitrogens with zero attached hydrogens (tertiary/aromatic N) is 4. The number of ether oxygens (including phenoxy) is 1. The molecule has 2 aromatic rings. The van der Waals surface area contributed by atoms with E-state index in [0.29, 0.717) is 56.5 Å². The maximum Gasteiger partial charge on any atom is 0.270 e. The molecule has 0 unspecified atom stereocenters. The van der Waals surface area contributed by atoms with E-state index < -0.39 is 20.9 Å². The number of rotatable bonds is 9. The van der Waals surface area contributed by atoms with E-state index in [4.69, 9.17) is 4.74 Å². The van der Waals surface area contributed by atoms with Gasteiger partial charge in [0.05, 0.1) is 40.0 Å². The van der Waals surface area contributed by atoms with Gasteiger partial charge in [-0.2, -0.15) is 4.31 Å². The van der Waals surface area contributed by atoms with Gasteiger partial charge in [-0.05, 0) is 24.3 Å². The van der Waals surface area contributed by atoms with Crippen LogP contribution in [0.1, 0.15) is 24.2 Å². The highest BCUT2D eigenvalue weighted by molar-refractivity contribution is 7.89. The van der Waals surface area contributed by atoms with Crippen LogP contribution in [0.15, 0.2) is 41.3 Å². The molecule has 3 rings (SSSR count). The van der Waals surface area contributed by atoms with E-state index in [9.17, 15) is 23.3 Å². The lowest BCUT2D eigenvalue weighted by molar-refractivity contribution is -0.384. The number of carbonyl (C=O) groups excluding carboxylic acids is 1. The van der Waals surface area contributed by atoms with Gasteiger partial charge in [-0.1, -0.05) is 13.8 Å². The molecule has 0 aromatic heterocycles. The SMILES string of the molecule is CCN(CC)S(=O)(=O)c1ccc(N2CCOCC2)c(NC(=O)c2cc([N+](=O)[O-])ccc2N(C)C)c1. The second-order valence-corrected chi connectivity index (χ2v) is 10.1. The fourth-order valence-electron chi connectivity index (χ4n) is 3.97. The van der Waals surface area contributed by atoms with Crippen molar-refractivity contribution in [1.29, 1.82) is 0 Å². The molecule has 0 saturated carbocycles. The molecule has 0 bridgehead atoms. The summed E-state index contributed by atoms with van der Waals surface area (Å²) in [5, 5.41) is 14.1. The van der Waals surface area contributed by atoms with Crippen molar-refractivity contribution in [3.63, 3.8) is 0 Å². The van der Waals surface area contributed by atoms with Crippen LogP contribution >= 0.6 is 0 Å². The lowest BCUT2D eigenvalue weighted by Crippen LogP contribution is -2.37. The third-order valence-corrected chi connectivity index (χ3v) is 7.87. The van der Waals surface area contributed by atoms with Gasteiger partial charge in [0.15, 0.2) is 0 Å². The highest BCUT2D eigenvalue weighted by atomic mass is 32.2. The Morgan fingerprint density at radius 2 is 1.77 bits per heavy atom. The Morgan fingerprint density at radius 3 is 2.34 bits per heavy atom. The second-order valence-electron chi connectivity index (χ2n) is 8.17. The molecule has 1 amide bonds. The lowest BCUT2D eigenvalue weighted by atomic mass is 10.1. The fourth-order valence-corrected chi connectivity index (χ4v) is 5.45. The minimum Gasteiger partial charge on any atom is -0.378 e. The lowest BCUT2D eigenvalue weighted by Gasteiger charge is -2.31. The Kier molecular flexibility index (Phi) is 8.30. The number of nitrogens with one attached hydrogen (secondary N) is 1. The molecular weight excluding hydrogens is 474 g/mol. The number of nitro groups is 1. The Balaban J connectivity index is 2.09. The largest absolute Gasteiger partial charge is 0.378 e. The van der Waals surface area contributed by atoms with Gasteiger partial charge >= 0.3 is 0 Å². The molecular formula is C23H31N5O6S. The number of morpholine rings is 1. The number of hydrogen-bond acceptors (Lipinski definition) is 8. The molecule has 1 aliphatic rings. The molecule has 0 aliphatic carbocycles. The third kappa shape index (κ3) is 5.72. The van der Waals surface area contributed by atoms with Gasteiger partial charge < -0.3 is 19.9 Å². The molecule has 2 aromatic carbocycles. The summed E-state index contributed by atoms with van der Waals surface area (Å²) < 4.78 is 33.1. The van der Waals surface area contributed by atoms with Crippen molar-refractivity contribution < 1.29 is 22.9 Å². The van der Waals surface area contributed by atoms with Crippen LogP contribution in [0.2, 0.25) is 0 Å². The quantitative estimate of drug-likeness (QED) is 0.407. The standard InChI is InChI=1S/C23H31N5O6S/c1-5-27(6-2)35(32,33)18-8-10-22(26-11-13-34-14-12-26)20(16-18)24-23(29)19-15-17(28(30)31)7-9-21(19)25(3)4/h7-10,15-16H,5-6,11-14H2,1-4H3,(H,24,29). The van der Waals surface area contributed by atoms with Crippen molar-refractivity contribution in [1.82, 2.24) is 4.31 Å². The van der Waals surface area contributed by atoms with Crippen LogP contribution in [0.3, 0.4) is 0 Å². The van der Waals surface area contributed by atoms with E-state index in [2.05, 4.69) is 5.32 Å². The van der Waals surface area contributed by atoms with Gasteiger partial charge in [0.2, 0.25) is 10.0 Å². The first-order valence-corrected chi connectivity index (χ1v) is 12.8. The topological polar surface area (TPSA) is 125 Å². The molecule has 1 heterocycles. The molecule has 1 saturated heterocycles. The summed E-state index contributed by atoms with van der Waals surface area (Å²) >= 11 is 0. The van der Waals surface area contributed by atoms with Crippen molar-refractivity contribution in [2.75, 3.05) is 68.6 Å². The molecule has 0 radical (unpaired) electrons. The first-order chi connectivity index (χ1) is 16.6. The average molecular weight is 506 g/mol. The van der Waals surface area contributed by atoms with Crippen molar-refractivity contribution in [3.05, 3.63) is 52.1 Å². The molecule has 35 heavy (non-hydrogen) atoms. The molecule has 1 fully saturated rings. The highest BCUT2D eigenvalue weighted by Crippen LogP contribution is 2.32. The number of benzene rings is 2. The maximum absolute atomic E-state index is 13.4. The number of anilines is 3. The van der Waals surface area contributed by atoms with Gasteiger partial charge in [0.1, 0.15) is 0 Å². The van der Waals surface area contributed by atoms with Crippen molar-refractivity contribution in [2.45, 2.75) is 18.7 Å². The predicted octanol–water partition coefficient (Wildman–Crippen LogP) is 2.78. The third-order valence-electron chi connectivity index (χ3n) is 5.83. The van der Waals surface area contributed by atoms with Crippen LogP contribution in [0.5, 0.6) is 0 Å². The Bertz CT molecular complexity index is 1190. The van der Waals surface area contributed by atoms with Crippen molar-refractivity contribution in [3.8, 4) is 0 Å². The predicted molar refractivity (Wildman–Crippen MR) is 135 cm³/mol. The van der Waals surface area contributed by atoms with Crippen molar-refractivity contribution >= 4 is 38.7 Å². The highest BCUT2D eigenvalue weighted by Gasteiger charge is 2.26. The van der Waals surface area contributed by atoms with Crippen LogP contribution in [-0.4, -0.2) is 77.0 Å². The summed E-state index contributed by atoms with van der Waals surface area (Å²) in [5.41, 5.74) is 1.34. The van der Waals surface area contributed by atoms with Gasteiger partial charge in [0, 0.05) is 58.1 Å². The zero-order valence-corrected chi connectivity index (χ0v) is 21.2. The summed E-state index contributed by atoms with van der Waals surface area (Å²) in [7, 11) is -0.309. The summed E-state index contributed by atoms with van der Waals surface area (Å²) in [6.07, 6.45) is 0. The van der Waals surface area contributed by atoms with E-state index in [-0.39, 0.29) is 16.1 Å². The van der Waals surface area contributed by atoms with E-state index >= 15 is 0 Å². The monoisotopic (exact) mass is 505 g/mol. The number of non-ortho nitro benzene ring substituents is 1. The van der Waals surface area contributed by atoms with E-state index in [0.717, 1.165) is 0 Å². The number of nitro benzene ring substituents is 1. The number of carbonyl (C=O) groups is 1. The Morgan fingerprint density at radius 1 is 1.11 bits per heavy atom. The van der Waals surface area contributed by atoms with Crippen LogP contribution in [0.25, 0.3) is 0 Å². The van der Waals surface area contributed by atoms with Crippen LogP contribution in [0, 0.1) is 10.1 Å². The van der Waals surface area contributed by atoms with Crippen molar-refractivity contribution in [2.24, 2.45) is 0 Å². The smallest absolute Gasteiger partial charge is 0.270 e. The summed E-state index contributed by atoms with van der Waals surface area (Å²) in [4.78, 5) is 27.9. The minimum absolute atomic E-state index is 0.0559. The summed E-state index contributed by atoms with van der Waals surface area (Å²) in [6.45, 7) is 6.30. The summed E-state index contributed by atoms with van der Waals surface area (Å²) in [5.74, 6) is -0.579. The van der Waals surface area contributed by atoms with Gasteiger partial charge in [0.25, 0.3) is 11.6 Å². The van der Waals surface area contributed by atoms with Crippen LogP contribution in [-0.2, 0) is 14.8 Å². The fraction of sp³-hybridized carbons (Fsp3) is 0.435. The molecule has 190 valence electrons. The van der Waals surface area contributed by atoms with Gasteiger partial charge in [-0.3, -0.25) is 14.9 Å². The normalized spacial score (nSPS) is 14.1. The number of amides is 1. The molecule has 1 aliphatic heterocycles. The average Bonchev–Trinajstić information content (AvgIpc) is 2.84. The van der Waals surface area contributed by atoms with Gasteiger partial charge in [-0.15, -0.1) is 0 Å². The first-order valence-electron chi connectivity index (χ1n) is 11.3. The van der Waals surface area contributed by atoms with E-state index in [1.54, 1.807) is 38.9 Å². The van der Waals surface area contributed by atoms with E-state index in [1.165, 1.54) is 34.6 Å². The van der Waals surface area contributed by atoms with Crippen LogP contribution < -0.4 is 15.1 Å². The zero-order valence-electron chi connectivity index (χ0n) is 20.4. The molecule has 12 heteroatoms.